The molecular weight excluding hydrogens is 282 g/mol. The van der Waals surface area contributed by atoms with Gasteiger partial charge in [-0.1, -0.05) is 12.1 Å². The third-order valence-electron chi connectivity index (χ3n) is 3.26. The normalized spacial score (nSPS) is 11.7. The van der Waals surface area contributed by atoms with E-state index in [1.54, 1.807) is 0 Å². The fraction of sp³-hybridized carbons (Fsp3) is 0.529. The summed E-state index contributed by atoms with van der Waals surface area (Å²) in [5.74, 6) is -0.0189. The van der Waals surface area contributed by atoms with Crippen LogP contribution in [0.2, 0.25) is 0 Å². The zero-order valence-corrected chi connectivity index (χ0v) is 13.3. The van der Waals surface area contributed by atoms with Crippen molar-refractivity contribution in [1.82, 2.24) is 5.32 Å². The Bertz CT molecular complexity index is 487. The van der Waals surface area contributed by atoms with Gasteiger partial charge in [0, 0.05) is 18.9 Å². The van der Waals surface area contributed by atoms with Crippen LogP contribution in [0.1, 0.15) is 44.6 Å². The lowest BCUT2D eigenvalue weighted by molar-refractivity contribution is -0.137. The van der Waals surface area contributed by atoms with Crippen molar-refractivity contribution in [3.8, 4) is 5.75 Å². The number of carbonyl (C=O) groups is 2. The Morgan fingerprint density at radius 2 is 2.05 bits per heavy atom. The molecule has 22 heavy (non-hydrogen) atoms. The quantitative estimate of drug-likeness (QED) is 0.652. The van der Waals surface area contributed by atoms with Crippen molar-refractivity contribution in [2.45, 2.75) is 52.0 Å². The predicted octanol–water partition coefficient (Wildman–Crippen LogP) is 2.91. The summed E-state index contributed by atoms with van der Waals surface area (Å²) in [5.41, 5.74) is 1.16. The number of aliphatic carboxylic acids is 1. The van der Waals surface area contributed by atoms with Gasteiger partial charge in [-0.3, -0.25) is 9.59 Å². The zero-order valence-electron chi connectivity index (χ0n) is 13.3. The van der Waals surface area contributed by atoms with Crippen LogP contribution in [0.15, 0.2) is 24.3 Å². The minimum atomic E-state index is -0.839. The number of amides is 1. The van der Waals surface area contributed by atoms with Gasteiger partial charge in [0.1, 0.15) is 5.75 Å². The maximum Gasteiger partial charge on any atom is 0.303 e. The van der Waals surface area contributed by atoms with Crippen molar-refractivity contribution in [3.05, 3.63) is 29.8 Å². The highest BCUT2D eigenvalue weighted by Gasteiger charge is 2.08. The van der Waals surface area contributed by atoms with E-state index in [1.165, 1.54) is 0 Å². The van der Waals surface area contributed by atoms with Crippen LogP contribution in [0, 0.1) is 6.92 Å². The maximum atomic E-state index is 11.7. The molecule has 122 valence electrons. The van der Waals surface area contributed by atoms with Crippen LogP contribution >= 0.6 is 0 Å². The summed E-state index contributed by atoms with van der Waals surface area (Å²) in [6.45, 7) is 4.43. The molecule has 2 N–H and O–H groups in total. The summed E-state index contributed by atoms with van der Waals surface area (Å²) in [6.07, 6.45) is 2.53. The molecule has 0 aromatic heterocycles. The molecule has 0 saturated carbocycles. The van der Waals surface area contributed by atoms with Crippen LogP contribution in [0.3, 0.4) is 0 Å². The van der Waals surface area contributed by atoms with E-state index in [-0.39, 0.29) is 18.4 Å². The SMILES string of the molecule is Cc1cccc(OCCCCC(=O)NC(C)CCC(=O)O)c1. The van der Waals surface area contributed by atoms with Crippen LogP contribution in [0.4, 0.5) is 0 Å². The van der Waals surface area contributed by atoms with Gasteiger partial charge in [0.2, 0.25) is 5.91 Å². The summed E-state index contributed by atoms with van der Waals surface area (Å²) in [4.78, 5) is 22.1. The molecule has 5 nitrogen and oxygen atoms in total. The highest BCUT2D eigenvalue weighted by Crippen LogP contribution is 2.12. The predicted molar refractivity (Wildman–Crippen MR) is 85.0 cm³/mol. The second-order valence-electron chi connectivity index (χ2n) is 5.52. The Morgan fingerprint density at radius 3 is 2.73 bits per heavy atom. The van der Waals surface area contributed by atoms with E-state index in [9.17, 15) is 9.59 Å². The molecular formula is C17H25NO4. The average Bonchev–Trinajstić information content (AvgIpc) is 2.45. The number of rotatable bonds is 10. The van der Waals surface area contributed by atoms with Crippen molar-refractivity contribution < 1.29 is 19.4 Å². The fourth-order valence-corrected chi connectivity index (χ4v) is 2.04. The second-order valence-corrected chi connectivity index (χ2v) is 5.52. The highest BCUT2D eigenvalue weighted by molar-refractivity contribution is 5.76. The molecule has 0 bridgehead atoms. The van der Waals surface area contributed by atoms with Gasteiger partial charge >= 0.3 is 5.97 Å². The van der Waals surface area contributed by atoms with E-state index >= 15 is 0 Å². The first-order valence-corrected chi connectivity index (χ1v) is 7.68. The van der Waals surface area contributed by atoms with Crippen LogP contribution in [0.25, 0.3) is 0 Å². The molecule has 1 aromatic carbocycles. The van der Waals surface area contributed by atoms with Crippen LogP contribution in [-0.2, 0) is 9.59 Å². The van der Waals surface area contributed by atoms with Gasteiger partial charge in [-0.2, -0.15) is 0 Å². The molecule has 0 spiro atoms. The van der Waals surface area contributed by atoms with Crippen molar-refractivity contribution in [2.24, 2.45) is 0 Å². The molecule has 0 fully saturated rings. The first kappa shape index (κ1) is 18.0. The van der Waals surface area contributed by atoms with Gasteiger partial charge < -0.3 is 15.2 Å². The van der Waals surface area contributed by atoms with E-state index in [4.69, 9.17) is 9.84 Å². The van der Waals surface area contributed by atoms with Gasteiger partial charge in [0.25, 0.3) is 0 Å². The zero-order chi connectivity index (χ0) is 16.4. The van der Waals surface area contributed by atoms with E-state index < -0.39 is 5.97 Å². The molecule has 1 rings (SSSR count). The summed E-state index contributed by atoms with van der Waals surface area (Å²) in [5, 5.41) is 11.4. The van der Waals surface area contributed by atoms with Crippen molar-refractivity contribution >= 4 is 11.9 Å². The molecule has 0 aliphatic heterocycles. The second kappa shape index (κ2) is 9.82. The number of unbranched alkanes of at least 4 members (excludes halogenated alkanes) is 1. The van der Waals surface area contributed by atoms with Gasteiger partial charge in [-0.15, -0.1) is 0 Å². The molecule has 1 unspecified atom stereocenters. The number of nitrogens with one attached hydrogen (secondary N) is 1. The first-order valence-electron chi connectivity index (χ1n) is 7.68. The maximum absolute atomic E-state index is 11.7. The molecule has 1 aromatic rings. The fourth-order valence-electron chi connectivity index (χ4n) is 2.04. The minimum absolute atomic E-state index is 0.0338. The number of ether oxygens (including phenoxy) is 1. The average molecular weight is 307 g/mol. The monoisotopic (exact) mass is 307 g/mol. The first-order chi connectivity index (χ1) is 10.5. The Balaban J connectivity index is 2.08. The Kier molecular flexibility index (Phi) is 8.04. The largest absolute Gasteiger partial charge is 0.494 e. The lowest BCUT2D eigenvalue weighted by Crippen LogP contribution is -2.32. The number of hydrogen-bond acceptors (Lipinski definition) is 3. The van der Waals surface area contributed by atoms with Crippen LogP contribution in [-0.4, -0.2) is 29.6 Å². The summed E-state index contributed by atoms with van der Waals surface area (Å²) >= 11 is 0. The number of aryl methyl sites for hydroxylation is 1. The Labute approximate surface area is 131 Å². The Morgan fingerprint density at radius 1 is 1.27 bits per heavy atom. The third kappa shape index (κ3) is 8.29. The minimum Gasteiger partial charge on any atom is -0.494 e. The molecule has 0 radical (unpaired) electrons. The Hall–Kier alpha value is -2.04. The van der Waals surface area contributed by atoms with Gasteiger partial charge in [0.05, 0.1) is 6.61 Å². The number of benzene rings is 1. The number of carboxylic acids is 1. The topological polar surface area (TPSA) is 75.6 Å². The molecule has 5 heteroatoms. The number of carboxylic acid groups (broad SMARTS) is 1. The molecule has 0 aliphatic rings. The van der Waals surface area contributed by atoms with Crippen molar-refractivity contribution in [2.75, 3.05) is 6.61 Å². The summed E-state index contributed by atoms with van der Waals surface area (Å²) < 4.78 is 5.62. The van der Waals surface area contributed by atoms with E-state index in [0.717, 1.165) is 24.2 Å². The molecule has 0 aliphatic carbocycles. The molecule has 0 saturated heterocycles. The molecule has 1 amide bonds. The van der Waals surface area contributed by atoms with Crippen molar-refractivity contribution in [1.29, 1.82) is 0 Å². The lowest BCUT2D eigenvalue weighted by Gasteiger charge is -2.12. The van der Waals surface area contributed by atoms with E-state index in [0.29, 0.717) is 19.4 Å². The standard InChI is InChI=1S/C17H25NO4/c1-13-6-5-7-15(12-13)22-11-4-3-8-16(19)18-14(2)9-10-17(20)21/h5-7,12,14H,3-4,8-11H2,1-2H3,(H,18,19)(H,20,21). The van der Waals surface area contributed by atoms with Crippen LogP contribution < -0.4 is 10.1 Å². The lowest BCUT2D eigenvalue weighted by atomic mass is 10.1. The van der Waals surface area contributed by atoms with Crippen LogP contribution in [0.5, 0.6) is 5.75 Å². The third-order valence-corrected chi connectivity index (χ3v) is 3.26. The molecule has 1 atom stereocenters. The van der Waals surface area contributed by atoms with E-state index in [1.807, 2.05) is 38.1 Å². The van der Waals surface area contributed by atoms with Gasteiger partial charge in [0.15, 0.2) is 0 Å². The van der Waals surface area contributed by atoms with Gasteiger partial charge in [-0.05, 0) is 50.8 Å². The number of hydrogen-bond donors (Lipinski definition) is 2. The smallest absolute Gasteiger partial charge is 0.303 e. The van der Waals surface area contributed by atoms with Gasteiger partial charge in [-0.25, -0.2) is 0 Å². The summed E-state index contributed by atoms with van der Waals surface area (Å²) in [7, 11) is 0. The highest BCUT2D eigenvalue weighted by atomic mass is 16.5. The molecule has 0 heterocycles. The van der Waals surface area contributed by atoms with E-state index in [2.05, 4.69) is 5.32 Å². The number of carbonyl (C=O) groups excluding carboxylic acids is 1. The summed E-state index contributed by atoms with van der Waals surface area (Å²) in [6, 6.07) is 7.77. The van der Waals surface area contributed by atoms with Crippen molar-refractivity contribution in [3.63, 3.8) is 0 Å².